The molecule has 1 amide bonds. The van der Waals surface area contributed by atoms with Crippen molar-refractivity contribution in [3.8, 4) is 5.75 Å². The van der Waals surface area contributed by atoms with Gasteiger partial charge >= 0.3 is 0 Å². The molecule has 1 N–H and O–H groups in total. The number of amides is 1. The molecule has 0 saturated carbocycles. The monoisotopic (exact) mass is 355 g/mol. The number of halogens is 3. The maximum absolute atomic E-state index is 13.0. The Bertz CT molecular complexity index is 649. The molecule has 2 aromatic carbocycles. The Morgan fingerprint density at radius 2 is 1.90 bits per heavy atom. The molecule has 0 atom stereocenters. The SMILES string of the molecule is O=C(NCCOc1ccccc1Br)c1ccc(F)c(F)c1. The third-order valence-corrected chi connectivity index (χ3v) is 3.32. The average molecular weight is 356 g/mol. The van der Waals surface area contributed by atoms with Crippen LogP contribution in [0.3, 0.4) is 0 Å². The molecule has 110 valence electrons. The van der Waals surface area contributed by atoms with Crippen LogP contribution in [-0.2, 0) is 0 Å². The zero-order valence-corrected chi connectivity index (χ0v) is 12.5. The first-order valence-electron chi connectivity index (χ1n) is 6.18. The van der Waals surface area contributed by atoms with Gasteiger partial charge in [0.15, 0.2) is 11.6 Å². The van der Waals surface area contributed by atoms with Gasteiger partial charge in [-0.3, -0.25) is 4.79 Å². The fourth-order valence-corrected chi connectivity index (χ4v) is 2.03. The largest absolute Gasteiger partial charge is 0.491 e. The van der Waals surface area contributed by atoms with Crippen molar-refractivity contribution in [2.24, 2.45) is 0 Å². The first kappa shape index (κ1) is 15.4. The smallest absolute Gasteiger partial charge is 0.251 e. The Hall–Kier alpha value is -1.95. The van der Waals surface area contributed by atoms with Crippen molar-refractivity contribution in [1.29, 1.82) is 0 Å². The number of hydrogen-bond donors (Lipinski definition) is 1. The minimum absolute atomic E-state index is 0.0646. The summed E-state index contributed by atoms with van der Waals surface area (Å²) < 4.78 is 32.1. The lowest BCUT2D eigenvalue weighted by molar-refractivity contribution is 0.0946. The van der Waals surface area contributed by atoms with E-state index in [0.29, 0.717) is 5.75 Å². The van der Waals surface area contributed by atoms with Gasteiger partial charge in [-0.15, -0.1) is 0 Å². The summed E-state index contributed by atoms with van der Waals surface area (Å²) in [5, 5.41) is 2.57. The van der Waals surface area contributed by atoms with E-state index in [1.165, 1.54) is 6.07 Å². The van der Waals surface area contributed by atoms with Crippen LogP contribution < -0.4 is 10.1 Å². The van der Waals surface area contributed by atoms with Crippen LogP contribution in [0.2, 0.25) is 0 Å². The molecule has 0 bridgehead atoms. The van der Waals surface area contributed by atoms with Crippen LogP contribution in [0.25, 0.3) is 0 Å². The molecule has 3 nitrogen and oxygen atoms in total. The van der Waals surface area contributed by atoms with Crippen molar-refractivity contribution >= 4 is 21.8 Å². The number of hydrogen-bond acceptors (Lipinski definition) is 2. The van der Waals surface area contributed by atoms with Gasteiger partial charge in [0.1, 0.15) is 12.4 Å². The molecule has 2 rings (SSSR count). The maximum Gasteiger partial charge on any atom is 0.251 e. The Morgan fingerprint density at radius 1 is 1.14 bits per heavy atom. The molecule has 0 aliphatic heterocycles. The first-order valence-corrected chi connectivity index (χ1v) is 6.98. The molecule has 0 aliphatic carbocycles. The molecule has 0 spiro atoms. The molecule has 6 heteroatoms. The second kappa shape index (κ2) is 7.17. The highest BCUT2D eigenvalue weighted by molar-refractivity contribution is 9.10. The summed E-state index contributed by atoms with van der Waals surface area (Å²) >= 11 is 3.34. The van der Waals surface area contributed by atoms with Crippen molar-refractivity contribution in [2.75, 3.05) is 13.2 Å². The maximum atomic E-state index is 13.0. The third kappa shape index (κ3) is 4.26. The summed E-state index contributed by atoms with van der Waals surface area (Å²) in [6.45, 7) is 0.511. The highest BCUT2D eigenvalue weighted by Gasteiger charge is 2.09. The molecule has 0 aliphatic rings. The summed E-state index contributed by atoms with van der Waals surface area (Å²) in [6.07, 6.45) is 0. The van der Waals surface area contributed by atoms with E-state index in [2.05, 4.69) is 21.2 Å². The van der Waals surface area contributed by atoms with Crippen molar-refractivity contribution in [3.05, 3.63) is 64.1 Å². The van der Waals surface area contributed by atoms with E-state index in [-0.39, 0.29) is 18.7 Å². The van der Waals surface area contributed by atoms with Crippen LogP contribution in [0.4, 0.5) is 8.78 Å². The van der Waals surface area contributed by atoms with Crippen LogP contribution in [0.15, 0.2) is 46.9 Å². The minimum Gasteiger partial charge on any atom is -0.491 e. The van der Waals surface area contributed by atoms with Crippen LogP contribution in [-0.4, -0.2) is 19.1 Å². The van der Waals surface area contributed by atoms with Gasteiger partial charge in [-0.2, -0.15) is 0 Å². The molecule has 0 aromatic heterocycles. The highest BCUT2D eigenvalue weighted by atomic mass is 79.9. The Balaban J connectivity index is 1.82. The first-order chi connectivity index (χ1) is 10.1. The third-order valence-electron chi connectivity index (χ3n) is 2.66. The normalized spacial score (nSPS) is 10.2. The fraction of sp³-hybridized carbons (Fsp3) is 0.133. The lowest BCUT2D eigenvalue weighted by Gasteiger charge is -2.09. The molecule has 0 heterocycles. The Kier molecular flexibility index (Phi) is 5.27. The van der Waals surface area contributed by atoms with Gasteiger partial charge in [-0.05, 0) is 46.3 Å². The number of carbonyl (C=O) groups excluding carboxylic acids is 1. The summed E-state index contributed by atoms with van der Waals surface area (Å²) in [6, 6.07) is 10.3. The van der Waals surface area contributed by atoms with Gasteiger partial charge in [0.05, 0.1) is 11.0 Å². The average Bonchev–Trinajstić information content (AvgIpc) is 2.48. The number of para-hydroxylation sites is 1. The lowest BCUT2D eigenvalue weighted by atomic mass is 10.2. The zero-order valence-electron chi connectivity index (χ0n) is 10.9. The predicted octanol–water partition coefficient (Wildman–Crippen LogP) is 3.54. The summed E-state index contributed by atoms with van der Waals surface area (Å²) in [4.78, 5) is 11.7. The van der Waals surface area contributed by atoms with E-state index in [1.807, 2.05) is 18.2 Å². The quantitative estimate of drug-likeness (QED) is 0.833. The molecule has 0 radical (unpaired) electrons. The Labute approximate surface area is 129 Å². The van der Waals surface area contributed by atoms with Gasteiger partial charge in [0.25, 0.3) is 5.91 Å². The van der Waals surface area contributed by atoms with Gasteiger partial charge in [0, 0.05) is 5.56 Å². The van der Waals surface area contributed by atoms with Gasteiger partial charge in [-0.1, -0.05) is 12.1 Å². The number of nitrogens with one attached hydrogen (secondary N) is 1. The Morgan fingerprint density at radius 3 is 2.62 bits per heavy atom. The number of rotatable bonds is 5. The molecule has 2 aromatic rings. The topological polar surface area (TPSA) is 38.3 Å². The number of benzene rings is 2. The van der Waals surface area contributed by atoms with Crippen molar-refractivity contribution in [1.82, 2.24) is 5.32 Å². The van der Waals surface area contributed by atoms with Crippen LogP contribution in [0, 0.1) is 11.6 Å². The fourth-order valence-electron chi connectivity index (χ4n) is 1.63. The highest BCUT2D eigenvalue weighted by Crippen LogP contribution is 2.23. The van der Waals surface area contributed by atoms with Crippen molar-refractivity contribution < 1.29 is 18.3 Å². The van der Waals surface area contributed by atoms with Gasteiger partial charge in [0.2, 0.25) is 0 Å². The van der Waals surface area contributed by atoms with Gasteiger partial charge in [-0.25, -0.2) is 8.78 Å². The van der Waals surface area contributed by atoms with E-state index in [0.717, 1.165) is 16.6 Å². The molecule has 0 fully saturated rings. The van der Waals surface area contributed by atoms with Crippen LogP contribution >= 0.6 is 15.9 Å². The molecule has 0 saturated heterocycles. The lowest BCUT2D eigenvalue weighted by Crippen LogP contribution is -2.28. The van der Waals surface area contributed by atoms with Gasteiger partial charge < -0.3 is 10.1 Å². The zero-order chi connectivity index (χ0) is 15.2. The summed E-state index contributed by atoms with van der Waals surface area (Å²) in [7, 11) is 0. The van der Waals surface area contributed by atoms with E-state index in [4.69, 9.17) is 4.74 Å². The second-order valence-corrected chi connectivity index (χ2v) is 5.02. The number of ether oxygens (including phenoxy) is 1. The van der Waals surface area contributed by atoms with Crippen molar-refractivity contribution in [2.45, 2.75) is 0 Å². The standard InChI is InChI=1S/C15H12BrF2NO2/c16-11-3-1-2-4-14(11)21-8-7-19-15(20)10-5-6-12(17)13(18)9-10/h1-6,9H,7-8H2,(H,19,20). The van der Waals surface area contributed by atoms with Crippen molar-refractivity contribution in [3.63, 3.8) is 0 Å². The molecular formula is C15H12BrF2NO2. The summed E-state index contributed by atoms with van der Waals surface area (Å²) in [5.74, 6) is -1.85. The van der Waals surface area contributed by atoms with E-state index in [1.54, 1.807) is 6.07 Å². The number of carbonyl (C=O) groups is 1. The minimum atomic E-state index is -1.05. The van der Waals surface area contributed by atoms with Crippen LogP contribution in [0.5, 0.6) is 5.75 Å². The molecule has 0 unspecified atom stereocenters. The van der Waals surface area contributed by atoms with E-state index in [9.17, 15) is 13.6 Å². The van der Waals surface area contributed by atoms with Crippen LogP contribution in [0.1, 0.15) is 10.4 Å². The van der Waals surface area contributed by atoms with E-state index < -0.39 is 17.5 Å². The molecular weight excluding hydrogens is 344 g/mol. The van der Waals surface area contributed by atoms with E-state index >= 15 is 0 Å². The summed E-state index contributed by atoms with van der Waals surface area (Å²) in [5.41, 5.74) is 0.0646. The predicted molar refractivity (Wildman–Crippen MR) is 78.3 cm³/mol. The second-order valence-electron chi connectivity index (χ2n) is 4.16. The molecule has 21 heavy (non-hydrogen) atoms.